The summed E-state index contributed by atoms with van der Waals surface area (Å²) in [6, 6.07) is 10.6. The van der Waals surface area contributed by atoms with Gasteiger partial charge in [0.2, 0.25) is 10.0 Å². The molecule has 1 heterocycles. The summed E-state index contributed by atoms with van der Waals surface area (Å²) >= 11 is 0. The molecule has 0 aliphatic heterocycles. The Kier molecular flexibility index (Phi) is 4.52. The van der Waals surface area contributed by atoms with Crippen LogP contribution in [0.25, 0.3) is 0 Å². The summed E-state index contributed by atoms with van der Waals surface area (Å²) < 4.78 is 26.6. The quantitative estimate of drug-likeness (QED) is 0.850. The van der Waals surface area contributed by atoms with Crippen molar-refractivity contribution in [3.63, 3.8) is 0 Å². The van der Waals surface area contributed by atoms with E-state index in [-0.39, 0.29) is 0 Å². The Balaban J connectivity index is 2.28. The highest BCUT2D eigenvalue weighted by molar-refractivity contribution is 7.89. The molecule has 0 saturated carbocycles. The molecule has 0 spiro atoms. The maximum atomic E-state index is 12.6. The largest absolute Gasteiger partial charge is 0.265 e. The normalized spacial score (nSPS) is 11.8. The maximum absolute atomic E-state index is 12.6. The first-order valence-electron chi connectivity index (χ1n) is 6.49. The number of hydrogen-bond donors (Lipinski definition) is 0. The van der Waals surface area contributed by atoms with Crippen LogP contribution in [0.5, 0.6) is 0 Å². The second-order valence-electron chi connectivity index (χ2n) is 4.60. The van der Waals surface area contributed by atoms with Crippen molar-refractivity contribution in [2.24, 2.45) is 0 Å². The molecule has 0 fully saturated rings. The molecule has 106 valence electrons. The minimum absolute atomic E-state index is 0.332. The Morgan fingerprint density at radius 3 is 2.20 bits per heavy atom. The highest BCUT2D eigenvalue weighted by atomic mass is 32.2. The van der Waals surface area contributed by atoms with Gasteiger partial charge in [0.25, 0.3) is 0 Å². The Hall–Kier alpha value is -1.72. The van der Waals surface area contributed by atoms with E-state index in [4.69, 9.17) is 0 Å². The summed E-state index contributed by atoms with van der Waals surface area (Å²) in [5.41, 5.74) is 1.97. The van der Waals surface area contributed by atoms with E-state index in [1.54, 1.807) is 24.5 Å². The van der Waals surface area contributed by atoms with Crippen molar-refractivity contribution in [1.29, 1.82) is 0 Å². The number of benzene rings is 1. The Morgan fingerprint density at radius 1 is 1.05 bits per heavy atom. The van der Waals surface area contributed by atoms with E-state index >= 15 is 0 Å². The van der Waals surface area contributed by atoms with Gasteiger partial charge in [-0.15, -0.1) is 0 Å². The summed E-state index contributed by atoms with van der Waals surface area (Å²) in [5, 5.41) is 0. The molecule has 0 aliphatic rings. The van der Waals surface area contributed by atoms with Crippen LogP contribution in [0, 0.1) is 6.92 Å². The lowest BCUT2D eigenvalue weighted by molar-refractivity contribution is 0.423. The molecule has 1 aromatic heterocycles. The fourth-order valence-electron chi connectivity index (χ4n) is 1.92. The Labute approximate surface area is 120 Å². The van der Waals surface area contributed by atoms with E-state index in [0.29, 0.717) is 18.0 Å². The molecule has 0 saturated heterocycles. The summed E-state index contributed by atoms with van der Waals surface area (Å²) in [4.78, 5) is 4.27. The second kappa shape index (κ2) is 6.15. The van der Waals surface area contributed by atoms with E-state index in [9.17, 15) is 8.42 Å². The highest BCUT2D eigenvalue weighted by Crippen LogP contribution is 2.18. The molecule has 0 aliphatic carbocycles. The first-order valence-corrected chi connectivity index (χ1v) is 7.93. The third-order valence-electron chi connectivity index (χ3n) is 3.12. The van der Waals surface area contributed by atoms with E-state index in [0.717, 1.165) is 11.1 Å². The summed E-state index contributed by atoms with van der Waals surface area (Å²) in [5.74, 6) is 0. The Morgan fingerprint density at radius 2 is 1.65 bits per heavy atom. The molecule has 2 aromatic rings. The topological polar surface area (TPSA) is 50.3 Å². The average Bonchev–Trinajstić information content (AvgIpc) is 2.46. The molecule has 0 atom stereocenters. The summed E-state index contributed by atoms with van der Waals surface area (Å²) in [6.07, 6.45) is 3.34. The summed E-state index contributed by atoms with van der Waals surface area (Å²) in [7, 11) is -3.45. The monoisotopic (exact) mass is 290 g/mol. The average molecular weight is 290 g/mol. The zero-order chi connectivity index (χ0) is 14.6. The smallest absolute Gasteiger partial charge is 0.243 e. The van der Waals surface area contributed by atoms with Crippen LogP contribution in [0.4, 0.5) is 0 Å². The fourth-order valence-corrected chi connectivity index (χ4v) is 3.35. The molecule has 1 aromatic carbocycles. The molecule has 4 nitrogen and oxygen atoms in total. The van der Waals surface area contributed by atoms with Gasteiger partial charge in [-0.3, -0.25) is 4.98 Å². The number of pyridine rings is 1. The molecule has 0 amide bonds. The molecule has 0 unspecified atom stereocenters. The van der Waals surface area contributed by atoms with Crippen molar-refractivity contribution in [2.45, 2.75) is 25.3 Å². The minimum Gasteiger partial charge on any atom is -0.265 e. The van der Waals surface area contributed by atoms with Gasteiger partial charge in [0.1, 0.15) is 0 Å². The SMILES string of the molecule is CCN(Cc1ccncc1)S(=O)(=O)c1ccc(C)cc1. The standard InChI is InChI=1S/C15H18N2O2S/c1-3-17(12-14-8-10-16-11-9-14)20(18,19)15-6-4-13(2)5-7-15/h4-11H,3,12H2,1-2H3. The van der Waals surface area contributed by atoms with Gasteiger partial charge >= 0.3 is 0 Å². The van der Waals surface area contributed by atoms with Crippen LogP contribution < -0.4 is 0 Å². The predicted molar refractivity (Wildman–Crippen MR) is 78.7 cm³/mol. The molecule has 0 N–H and O–H groups in total. The highest BCUT2D eigenvalue weighted by Gasteiger charge is 2.22. The molecule has 20 heavy (non-hydrogen) atoms. The lowest BCUT2D eigenvalue weighted by Gasteiger charge is -2.20. The number of rotatable bonds is 5. The molecule has 5 heteroatoms. The fraction of sp³-hybridized carbons (Fsp3) is 0.267. The number of nitrogens with zero attached hydrogens (tertiary/aromatic N) is 2. The van der Waals surface area contributed by atoms with Crippen molar-refractivity contribution in [1.82, 2.24) is 9.29 Å². The zero-order valence-corrected chi connectivity index (χ0v) is 12.5. The molecular formula is C15H18N2O2S. The van der Waals surface area contributed by atoms with Crippen LogP contribution in [0.15, 0.2) is 53.7 Å². The van der Waals surface area contributed by atoms with E-state index in [1.165, 1.54) is 4.31 Å². The molecule has 0 bridgehead atoms. The van der Waals surface area contributed by atoms with Crippen LogP contribution in [-0.2, 0) is 16.6 Å². The van der Waals surface area contributed by atoms with Crippen LogP contribution in [0.1, 0.15) is 18.1 Å². The van der Waals surface area contributed by atoms with Gasteiger partial charge in [0.15, 0.2) is 0 Å². The molecular weight excluding hydrogens is 272 g/mol. The van der Waals surface area contributed by atoms with Gasteiger partial charge < -0.3 is 0 Å². The number of sulfonamides is 1. The van der Waals surface area contributed by atoms with E-state index in [2.05, 4.69) is 4.98 Å². The van der Waals surface area contributed by atoms with Crippen LogP contribution in [0.2, 0.25) is 0 Å². The predicted octanol–water partition coefficient (Wildman–Crippen LogP) is 2.60. The van der Waals surface area contributed by atoms with Gasteiger partial charge in [-0.25, -0.2) is 8.42 Å². The van der Waals surface area contributed by atoms with Crippen molar-refractivity contribution in [2.75, 3.05) is 6.54 Å². The minimum atomic E-state index is -3.45. The van der Waals surface area contributed by atoms with Crippen molar-refractivity contribution in [3.8, 4) is 0 Å². The van der Waals surface area contributed by atoms with Gasteiger partial charge in [-0.05, 0) is 36.8 Å². The maximum Gasteiger partial charge on any atom is 0.243 e. The van der Waals surface area contributed by atoms with E-state index < -0.39 is 10.0 Å². The van der Waals surface area contributed by atoms with Crippen LogP contribution in [0.3, 0.4) is 0 Å². The second-order valence-corrected chi connectivity index (χ2v) is 6.54. The molecule has 2 rings (SSSR count). The lowest BCUT2D eigenvalue weighted by atomic mass is 10.2. The third-order valence-corrected chi connectivity index (χ3v) is 5.05. The zero-order valence-electron chi connectivity index (χ0n) is 11.7. The van der Waals surface area contributed by atoms with Gasteiger partial charge in [0.05, 0.1) is 4.90 Å². The van der Waals surface area contributed by atoms with E-state index in [1.807, 2.05) is 38.1 Å². The van der Waals surface area contributed by atoms with Crippen molar-refractivity contribution < 1.29 is 8.42 Å². The van der Waals surface area contributed by atoms with Gasteiger partial charge in [-0.2, -0.15) is 4.31 Å². The lowest BCUT2D eigenvalue weighted by Crippen LogP contribution is -2.30. The van der Waals surface area contributed by atoms with Crippen LogP contribution in [-0.4, -0.2) is 24.3 Å². The van der Waals surface area contributed by atoms with Crippen molar-refractivity contribution >= 4 is 10.0 Å². The molecule has 0 radical (unpaired) electrons. The third kappa shape index (κ3) is 3.23. The number of aromatic nitrogens is 1. The Bertz CT molecular complexity index is 652. The van der Waals surface area contributed by atoms with Gasteiger partial charge in [-0.1, -0.05) is 24.6 Å². The van der Waals surface area contributed by atoms with Crippen LogP contribution >= 0.6 is 0 Å². The number of aryl methyl sites for hydroxylation is 1. The number of hydrogen-bond acceptors (Lipinski definition) is 3. The first kappa shape index (κ1) is 14.7. The van der Waals surface area contributed by atoms with Crippen molar-refractivity contribution in [3.05, 3.63) is 59.9 Å². The first-order chi connectivity index (χ1) is 9.54. The summed E-state index contributed by atoms with van der Waals surface area (Å²) in [6.45, 7) is 4.56. The van der Waals surface area contributed by atoms with Gasteiger partial charge in [0, 0.05) is 25.5 Å².